The van der Waals surface area contributed by atoms with Crippen LogP contribution in [0.15, 0.2) is 24.3 Å². The van der Waals surface area contributed by atoms with Crippen LogP contribution in [-0.2, 0) is 47.8 Å². The zero-order valence-corrected chi connectivity index (χ0v) is 20.2. The first-order chi connectivity index (χ1) is 17.6. The van der Waals surface area contributed by atoms with E-state index in [0.29, 0.717) is 38.5 Å². The molecule has 200 valence electrons. The van der Waals surface area contributed by atoms with E-state index in [9.17, 15) is 38.4 Å². The number of hydrogen-bond acceptors (Lipinski definition) is 11. The summed E-state index contributed by atoms with van der Waals surface area (Å²) >= 11 is 0. The van der Waals surface area contributed by atoms with Crippen LogP contribution in [-0.4, -0.2) is 76.4 Å². The number of carbonyl (C=O) groups excluding carboxylic acids is 8. The molecule has 0 spiro atoms. The Morgan fingerprint density at radius 1 is 0.622 bits per heavy atom. The lowest BCUT2D eigenvalue weighted by Crippen LogP contribution is -2.36. The van der Waals surface area contributed by atoms with Crippen LogP contribution in [0, 0.1) is 0 Å². The van der Waals surface area contributed by atoms with Gasteiger partial charge in [0.05, 0.1) is 6.42 Å². The molecule has 0 aliphatic carbocycles. The van der Waals surface area contributed by atoms with Crippen molar-refractivity contribution < 1.29 is 47.8 Å². The topological polar surface area (TPSA) is 188 Å². The summed E-state index contributed by atoms with van der Waals surface area (Å²) in [6.07, 6.45) is 6.61. The Balaban J connectivity index is 1.52. The highest BCUT2D eigenvalue weighted by Gasteiger charge is 2.25. The molecule has 0 saturated carbocycles. The third-order valence-corrected chi connectivity index (χ3v) is 5.46. The zero-order valence-electron chi connectivity index (χ0n) is 20.2. The van der Waals surface area contributed by atoms with Gasteiger partial charge in [-0.05, 0) is 25.7 Å². The maximum atomic E-state index is 11.9. The second-order valence-corrected chi connectivity index (χ2v) is 8.39. The SMILES string of the molecule is N[C@@H](CC(=O)OC(=O)CCCCCN1C(=O)C=CC1=O)C(=O)OC(=O)CCCCCN1C(=O)C=CC1=O. The van der Waals surface area contributed by atoms with Gasteiger partial charge in [-0.15, -0.1) is 0 Å². The Labute approximate surface area is 212 Å². The molecule has 13 nitrogen and oxygen atoms in total. The molecule has 0 fully saturated rings. The van der Waals surface area contributed by atoms with Gasteiger partial charge in [-0.1, -0.05) is 12.8 Å². The molecule has 2 N–H and O–H groups in total. The quantitative estimate of drug-likeness (QED) is 0.131. The van der Waals surface area contributed by atoms with Crippen LogP contribution < -0.4 is 5.73 Å². The summed E-state index contributed by atoms with van der Waals surface area (Å²) in [5, 5.41) is 0. The van der Waals surface area contributed by atoms with E-state index in [1.54, 1.807) is 0 Å². The first-order valence-corrected chi connectivity index (χ1v) is 11.9. The van der Waals surface area contributed by atoms with Crippen LogP contribution in [0.25, 0.3) is 0 Å². The van der Waals surface area contributed by atoms with Crippen molar-refractivity contribution in [2.24, 2.45) is 5.73 Å². The lowest BCUT2D eigenvalue weighted by atomic mass is 10.2. The van der Waals surface area contributed by atoms with E-state index >= 15 is 0 Å². The molecule has 2 heterocycles. The predicted octanol–water partition coefficient (Wildman–Crippen LogP) is -0.186. The molecule has 0 aromatic carbocycles. The molecule has 2 aliphatic rings. The first kappa shape index (κ1) is 29.2. The summed E-state index contributed by atoms with van der Waals surface area (Å²) in [6.45, 7) is 0.454. The van der Waals surface area contributed by atoms with E-state index < -0.39 is 36.3 Å². The molecule has 0 aromatic heterocycles. The summed E-state index contributed by atoms with van der Waals surface area (Å²) in [5.74, 6) is -5.35. The minimum Gasteiger partial charge on any atom is -0.393 e. The average molecular weight is 520 g/mol. The van der Waals surface area contributed by atoms with Crippen molar-refractivity contribution in [1.82, 2.24) is 9.80 Å². The van der Waals surface area contributed by atoms with E-state index in [1.165, 1.54) is 24.3 Å². The Morgan fingerprint density at radius 2 is 1.03 bits per heavy atom. The minimum atomic E-state index is -1.49. The van der Waals surface area contributed by atoms with Crippen LogP contribution in [0.5, 0.6) is 0 Å². The highest BCUT2D eigenvalue weighted by Crippen LogP contribution is 2.10. The van der Waals surface area contributed by atoms with Crippen LogP contribution in [0.2, 0.25) is 0 Å². The summed E-state index contributed by atoms with van der Waals surface area (Å²) in [5.41, 5.74) is 5.56. The Hall–Kier alpha value is -4.00. The number of hydrogen-bond donors (Lipinski definition) is 1. The Kier molecular flexibility index (Phi) is 11.5. The van der Waals surface area contributed by atoms with Gasteiger partial charge in [-0.3, -0.25) is 43.4 Å². The summed E-state index contributed by atoms with van der Waals surface area (Å²) in [7, 11) is 0. The van der Waals surface area contributed by atoms with Gasteiger partial charge in [0.15, 0.2) is 0 Å². The van der Waals surface area contributed by atoms with E-state index in [4.69, 9.17) is 5.73 Å². The van der Waals surface area contributed by atoms with Crippen molar-refractivity contribution in [3.8, 4) is 0 Å². The number of unbranched alkanes of at least 4 members (excludes halogenated alkanes) is 4. The van der Waals surface area contributed by atoms with Crippen LogP contribution in [0.3, 0.4) is 0 Å². The highest BCUT2D eigenvalue weighted by atomic mass is 16.6. The lowest BCUT2D eigenvalue weighted by molar-refractivity contribution is -0.166. The van der Waals surface area contributed by atoms with Crippen molar-refractivity contribution in [3.63, 3.8) is 0 Å². The molecular formula is C24H29N3O10. The van der Waals surface area contributed by atoms with Gasteiger partial charge in [-0.25, -0.2) is 4.79 Å². The maximum Gasteiger partial charge on any atom is 0.331 e. The molecule has 37 heavy (non-hydrogen) atoms. The molecule has 0 aromatic rings. The third-order valence-electron chi connectivity index (χ3n) is 5.46. The van der Waals surface area contributed by atoms with Gasteiger partial charge in [-0.2, -0.15) is 0 Å². The summed E-state index contributed by atoms with van der Waals surface area (Å²) in [4.78, 5) is 95.2. The van der Waals surface area contributed by atoms with Crippen molar-refractivity contribution in [2.45, 2.75) is 63.8 Å². The molecule has 0 unspecified atom stereocenters. The van der Waals surface area contributed by atoms with E-state index in [0.717, 1.165) is 9.80 Å². The largest absolute Gasteiger partial charge is 0.393 e. The van der Waals surface area contributed by atoms with Gasteiger partial charge in [0, 0.05) is 50.2 Å². The number of rotatable bonds is 15. The van der Waals surface area contributed by atoms with Crippen molar-refractivity contribution in [1.29, 1.82) is 0 Å². The number of ether oxygens (including phenoxy) is 2. The number of nitrogens with two attached hydrogens (primary N) is 1. The third kappa shape index (κ3) is 9.88. The van der Waals surface area contributed by atoms with Gasteiger partial charge < -0.3 is 15.2 Å². The summed E-state index contributed by atoms with van der Waals surface area (Å²) < 4.78 is 9.20. The zero-order chi connectivity index (χ0) is 27.4. The van der Waals surface area contributed by atoms with E-state index in [1.807, 2.05) is 0 Å². The molecule has 1 atom stereocenters. The fourth-order valence-electron chi connectivity index (χ4n) is 3.46. The van der Waals surface area contributed by atoms with Crippen LogP contribution in [0.4, 0.5) is 0 Å². The number of esters is 4. The fraction of sp³-hybridized carbons (Fsp3) is 0.500. The molecule has 2 aliphatic heterocycles. The van der Waals surface area contributed by atoms with E-state index in [2.05, 4.69) is 9.47 Å². The van der Waals surface area contributed by atoms with Crippen LogP contribution in [0.1, 0.15) is 57.8 Å². The number of carbonyl (C=O) groups is 8. The second kappa shape index (κ2) is 14.5. The van der Waals surface area contributed by atoms with Gasteiger partial charge in [0.2, 0.25) is 0 Å². The fourth-order valence-corrected chi connectivity index (χ4v) is 3.46. The normalized spacial score (nSPS) is 15.5. The maximum absolute atomic E-state index is 11.9. The lowest BCUT2D eigenvalue weighted by Gasteiger charge is -2.13. The predicted molar refractivity (Wildman–Crippen MR) is 123 cm³/mol. The number of nitrogens with zero attached hydrogens (tertiary/aromatic N) is 2. The molecular weight excluding hydrogens is 490 g/mol. The number of imide groups is 2. The molecule has 0 bridgehead atoms. The Morgan fingerprint density at radius 3 is 1.46 bits per heavy atom. The highest BCUT2D eigenvalue weighted by molar-refractivity contribution is 6.13. The van der Waals surface area contributed by atoms with Crippen molar-refractivity contribution >= 4 is 47.5 Å². The molecule has 0 saturated heterocycles. The standard InChI is InChI=1S/C24H29N3O10/c25-16(24(35)37-22(33)8-4-2-6-14-27-19(30)11-12-20(27)31)15-23(34)36-21(32)7-3-1-5-13-26-17(28)9-10-18(26)29/h9-12,16H,1-8,13-15,25H2/t16-/m0/s1. The first-order valence-electron chi connectivity index (χ1n) is 11.9. The molecule has 0 radical (unpaired) electrons. The van der Waals surface area contributed by atoms with Gasteiger partial charge in [0.25, 0.3) is 23.6 Å². The molecule has 13 heteroatoms. The van der Waals surface area contributed by atoms with E-state index in [-0.39, 0.29) is 49.6 Å². The van der Waals surface area contributed by atoms with Crippen LogP contribution >= 0.6 is 0 Å². The van der Waals surface area contributed by atoms with Crippen molar-refractivity contribution in [2.75, 3.05) is 13.1 Å². The van der Waals surface area contributed by atoms with Gasteiger partial charge in [0.1, 0.15) is 6.04 Å². The minimum absolute atomic E-state index is 0.0827. The summed E-state index contributed by atoms with van der Waals surface area (Å²) in [6, 6.07) is -1.49. The second-order valence-electron chi connectivity index (χ2n) is 8.39. The molecule has 4 amide bonds. The number of amides is 4. The van der Waals surface area contributed by atoms with Gasteiger partial charge >= 0.3 is 23.9 Å². The Bertz CT molecular complexity index is 980. The molecule has 2 rings (SSSR count). The van der Waals surface area contributed by atoms with Crippen molar-refractivity contribution in [3.05, 3.63) is 24.3 Å². The average Bonchev–Trinajstić information content (AvgIpc) is 3.33. The smallest absolute Gasteiger partial charge is 0.331 e. The monoisotopic (exact) mass is 519 g/mol.